The molecule has 1 aromatic heterocycles. The van der Waals surface area contributed by atoms with Gasteiger partial charge in [0.2, 0.25) is 0 Å². The maximum atomic E-state index is 12.0. The lowest BCUT2D eigenvalue weighted by Crippen LogP contribution is -2.34. The van der Waals surface area contributed by atoms with Crippen LogP contribution in [0.3, 0.4) is 0 Å². The molecule has 3 unspecified atom stereocenters. The monoisotopic (exact) mass is 406 g/mol. The number of hydrogen-bond acceptors (Lipinski definition) is 7. The maximum absolute atomic E-state index is 12.0. The molecule has 2 aromatic rings. The van der Waals surface area contributed by atoms with E-state index in [0.717, 1.165) is 16.9 Å². The first-order valence-electron chi connectivity index (χ1n) is 8.83. The summed E-state index contributed by atoms with van der Waals surface area (Å²) in [6.45, 7) is 2.65. The third-order valence-corrected chi connectivity index (χ3v) is 5.70. The van der Waals surface area contributed by atoms with Gasteiger partial charge in [0, 0.05) is 11.8 Å². The van der Waals surface area contributed by atoms with Crippen LogP contribution in [0.15, 0.2) is 34.0 Å². The highest BCUT2D eigenvalue weighted by Gasteiger charge is 2.31. The lowest BCUT2D eigenvalue weighted by Gasteiger charge is -2.26. The van der Waals surface area contributed by atoms with Crippen LogP contribution in [0.25, 0.3) is 0 Å². The zero-order valence-electron chi connectivity index (χ0n) is 15.1. The van der Waals surface area contributed by atoms with Crippen LogP contribution < -0.4 is 15.8 Å². The number of aldehydes is 1. The van der Waals surface area contributed by atoms with E-state index in [1.807, 2.05) is 25.1 Å². The molecule has 10 heteroatoms. The molecular weight excluding hydrogens is 387 g/mol. The van der Waals surface area contributed by atoms with Crippen molar-refractivity contribution in [3.63, 3.8) is 0 Å². The number of H-pyrrole nitrogens is 1. The third-order valence-electron chi connectivity index (χ3n) is 4.67. The Morgan fingerprint density at radius 2 is 2.21 bits per heavy atom. The molecule has 9 nitrogen and oxygen atoms in total. The molecule has 0 radical (unpaired) electrons. The predicted octanol–water partition coefficient (Wildman–Crippen LogP) is 2.19. The third kappa shape index (κ3) is 3.79. The van der Waals surface area contributed by atoms with Crippen molar-refractivity contribution in [2.24, 2.45) is 0 Å². The summed E-state index contributed by atoms with van der Waals surface area (Å²) >= 11 is 0. The minimum absolute atomic E-state index is 0.121. The number of carbonyl (C=O) groups is 1. The van der Waals surface area contributed by atoms with Crippen LogP contribution >= 0.6 is 8.60 Å². The molecule has 1 aromatic carbocycles. The molecule has 2 aliphatic rings. The number of fused-ring (bicyclic) bond motifs is 1. The van der Waals surface area contributed by atoms with Crippen molar-refractivity contribution in [2.45, 2.75) is 38.7 Å². The van der Waals surface area contributed by atoms with E-state index in [-0.39, 0.29) is 18.3 Å². The highest BCUT2D eigenvalue weighted by atomic mass is 31.2. The lowest BCUT2D eigenvalue weighted by atomic mass is 10.1. The molecule has 3 atom stereocenters. The molecule has 1 N–H and O–H groups in total. The van der Waals surface area contributed by atoms with Crippen LogP contribution in [-0.4, -0.2) is 28.5 Å². The fraction of sp³-hybridized carbons (Fsp3) is 0.389. The second-order valence-electron chi connectivity index (χ2n) is 6.61. The van der Waals surface area contributed by atoms with Crippen molar-refractivity contribution in [2.75, 3.05) is 6.61 Å². The van der Waals surface area contributed by atoms with E-state index in [9.17, 15) is 14.4 Å². The SMILES string of the molecule is Cc1cccc2c1OP(OCC1CCC(n3cc(C=O)c(=O)[nH]c3=O)O1)OC2. The molecule has 0 aliphatic carbocycles. The van der Waals surface area contributed by atoms with Gasteiger partial charge in [0.25, 0.3) is 5.56 Å². The van der Waals surface area contributed by atoms with E-state index in [1.54, 1.807) is 0 Å². The molecule has 4 rings (SSSR count). The van der Waals surface area contributed by atoms with Gasteiger partial charge in [-0.3, -0.25) is 28.2 Å². The van der Waals surface area contributed by atoms with Gasteiger partial charge in [-0.1, -0.05) is 18.2 Å². The number of para-hydroxylation sites is 1. The number of ether oxygens (including phenoxy) is 1. The van der Waals surface area contributed by atoms with Gasteiger partial charge >= 0.3 is 14.3 Å². The largest absolute Gasteiger partial charge is 0.426 e. The van der Waals surface area contributed by atoms with Gasteiger partial charge in [0.1, 0.15) is 12.0 Å². The number of hydrogen-bond donors (Lipinski definition) is 1. The summed E-state index contributed by atoms with van der Waals surface area (Å²) in [5.41, 5.74) is 0.571. The van der Waals surface area contributed by atoms with Crippen LogP contribution in [0, 0.1) is 6.92 Å². The van der Waals surface area contributed by atoms with E-state index in [2.05, 4.69) is 4.98 Å². The van der Waals surface area contributed by atoms with Crippen LogP contribution in [0.2, 0.25) is 0 Å². The summed E-state index contributed by atoms with van der Waals surface area (Å²) < 4.78 is 24.3. The Morgan fingerprint density at radius 3 is 3.04 bits per heavy atom. The molecule has 148 valence electrons. The van der Waals surface area contributed by atoms with Gasteiger partial charge in [-0.25, -0.2) is 4.79 Å². The van der Waals surface area contributed by atoms with E-state index < -0.39 is 26.1 Å². The molecule has 0 amide bonds. The minimum atomic E-state index is -1.52. The first kappa shape index (κ1) is 19.0. The van der Waals surface area contributed by atoms with Crippen LogP contribution in [0.4, 0.5) is 0 Å². The van der Waals surface area contributed by atoms with Crippen molar-refractivity contribution in [3.05, 3.63) is 61.9 Å². The van der Waals surface area contributed by atoms with Crippen LogP contribution in [0.1, 0.15) is 40.6 Å². The normalized spacial score (nSPS) is 23.8. The van der Waals surface area contributed by atoms with Crippen molar-refractivity contribution < 1.29 is 23.1 Å². The van der Waals surface area contributed by atoms with Gasteiger partial charge in [0.15, 0.2) is 6.29 Å². The first-order valence-corrected chi connectivity index (χ1v) is 9.93. The average Bonchev–Trinajstić information content (AvgIpc) is 3.16. The Hall–Kier alpha value is -2.32. The molecule has 28 heavy (non-hydrogen) atoms. The summed E-state index contributed by atoms with van der Waals surface area (Å²) in [7, 11) is -1.52. The minimum Gasteiger partial charge on any atom is -0.426 e. The van der Waals surface area contributed by atoms with Gasteiger partial charge in [-0.15, -0.1) is 0 Å². The van der Waals surface area contributed by atoms with Gasteiger partial charge in [-0.2, -0.15) is 0 Å². The summed E-state index contributed by atoms with van der Waals surface area (Å²) in [5, 5.41) is 0. The number of benzene rings is 1. The molecule has 0 spiro atoms. The highest BCUT2D eigenvalue weighted by Crippen LogP contribution is 2.48. The Balaban J connectivity index is 1.36. The standard InChI is InChI=1S/C18H19N2O7P/c1-11-3-2-4-12-9-24-28(27-16(11)12)25-10-14-5-6-15(26-14)20-7-13(8-21)17(22)19-18(20)23/h2-4,7-8,14-15H,5-6,9-10H2,1H3,(H,19,22,23). The Morgan fingerprint density at radius 1 is 1.36 bits per heavy atom. The fourth-order valence-corrected chi connectivity index (χ4v) is 4.32. The van der Waals surface area contributed by atoms with Crippen molar-refractivity contribution >= 4 is 14.9 Å². The number of aromatic nitrogens is 2. The average molecular weight is 406 g/mol. The summed E-state index contributed by atoms with van der Waals surface area (Å²) in [6, 6.07) is 5.88. The number of aryl methyl sites for hydroxylation is 1. The summed E-state index contributed by atoms with van der Waals surface area (Å²) in [4.78, 5) is 36.6. The number of carbonyl (C=O) groups excluding carboxylic acids is 1. The van der Waals surface area contributed by atoms with E-state index in [4.69, 9.17) is 18.3 Å². The van der Waals surface area contributed by atoms with E-state index in [0.29, 0.717) is 25.7 Å². The Labute approximate surface area is 161 Å². The van der Waals surface area contributed by atoms with Gasteiger partial charge in [0.05, 0.1) is 24.9 Å². The topological polar surface area (TPSA) is 109 Å². The lowest BCUT2D eigenvalue weighted by molar-refractivity contribution is -0.0229. The number of aromatic amines is 1. The quantitative estimate of drug-likeness (QED) is 0.599. The maximum Gasteiger partial charge on any atom is 0.397 e. The molecule has 0 saturated carbocycles. The smallest absolute Gasteiger partial charge is 0.397 e. The zero-order chi connectivity index (χ0) is 19.7. The van der Waals surface area contributed by atoms with Gasteiger partial charge in [-0.05, 0) is 25.3 Å². The van der Waals surface area contributed by atoms with Gasteiger partial charge < -0.3 is 9.26 Å². The second kappa shape index (κ2) is 7.97. The molecule has 2 aliphatic heterocycles. The highest BCUT2D eigenvalue weighted by molar-refractivity contribution is 7.42. The molecular formula is C18H19N2O7P. The molecule has 1 fully saturated rings. The van der Waals surface area contributed by atoms with E-state index in [1.165, 1.54) is 10.8 Å². The summed E-state index contributed by atoms with van der Waals surface area (Å²) in [5.74, 6) is 0.797. The first-order chi connectivity index (χ1) is 13.5. The van der Waals surface area contributed by atoms with Crippen molar-refractivity contribution in [1.29, 1.82) is 0 Å². The number of nitrogens with one attached hydrogen (secondary N) is 1. The molecule has 3 heterocycles. The van der Waals surface area contributed by atoms with Crippen molar-refractivity contribution in [3.8, 4) is 5.75 Å². The van der Waals surface area contributed by atoms with Crippen molar-refractivity contribution in [1.82, 2.24) is 9.55 Å². The van der Waals surface area contributed by atoms with Crippen LogP contribution in [-0.2, 0) is 20.4 Å². The van der Waals surface area contributed by atoms with Crippen LogP contribution in [0.5, 0.6) is 5.75 Å². The molecule has 1 saturated heterocycles. The Kier molecular flexibility index (Phi) is 5.41. The number of nitrogens with zero attached hydrogens (tertiary/aromatic N) is 1. The number of rotatable bonds is 5. The predicted molar refractivity (Wildman–Crippen MR) is 99.3 cm³/mol. The fourth-order valence-electron chi connectivity index (χ4n) is 3.20. The summed E-state index contributed by atoms with van der Waals surface area (Å²) in [6.07, 6.45) is 2.02. The Bertz CT molecular complexity index is 1000. The zero-order valence-corrected chi connectivity index (χ0v) is 16.0. The molecule has 0 bridgehead atoms. The van der Waals surface area contributed by atoms with E-state index >= 15 is 0 Å². The second-order valence-corrected chi connectivity index (χ2v) is 7.75.